The third-order valence-corrected chi connectivity index (χ3v) is 6.35. The average Bonchev–Trinajstić information content (AvgIpc) is 3.24. The molecular formula is C22H13F2NO7S. The lowest BCUT2D eigenvalue weighted by Crippen LogP contribution is -2.15. The minimum Gasteiger partial charge on any atom is -0.502 e. The Hall–Kier alpha value is -4.12. The van der Waals surface area contributed by atoms with E-state index in [9.17, 15) is 27.1 Å². The van der Waals surface area contributed by atoms with Crippen molar-refractivity contribution in [3.8, 4) is 28.6 Å². The van der Waals surface area contributed by atoms with Gasteiger partial charge < -0.3 is 19.0 Å². The van der Waals surface area contributed by atoms with Crippen molar-refractivity contribution in [3.63, 3.8) is 0 Å². The summed E-state index contributed by atoms with van der Waals surface area (Å²) >= 11 is 0. The van der Waals surface area contributed by atoms with E-state index in [1.807, 2.05) is 0 Å². The number of hydrogen-bond acceptors (Lipinski definition) is 7. The van der Waals surface area contributed by atoms with E-state index in [1.54, 1.807) is 18.2 Å². The van der Waals surface area contributed by atoms with Crippen molar-refractivity contribution in [2.75, 3.05) is 11.5 Å². The fourth-order valence-corrected chi connectivity index (χ4v) is 4.50. The van der Waals surface area contributed by atoms with E-state index >= 15 is 0 Å². The summed E-state index contributed by atoms with van der Waals surface area (Å²) in [7, 11) is -4.42. The van der Waals surface area contributed by atoms with Gasteiger partial charge in [-0.1, -0.05) is 0 Å². The Morgan fingerprint density at radius 1 is 0.939 bits per heavy atom. The predicted molar refractivity (Wildman–Crippen MR) is 113 cm³/mol. The normalized spacial score (nSPS) is 12.8. The zero-order chi connectivity index (χ0) is 23.3. The van der Waals surface area contributed by atoms with Crippen LogP contribution in [0.3, 0.4) is 0 Å². The molecule has 0 radical (unpaired) electrons. The van der Waals surface area contributed by atoms with Crippen LogP contribution in [0.2, 0.25) is 0 Å². The van der Waals surface area contributed by atoms with Crippen molar-refractivity contribution in [3.05, 3.63) is 76.5 Å². The van der Waals surface area contributed by atoms with E-state index in [0.717, 1.165) is 18.2 Å². The van der Waals surface area contributed by atoms with Crippen LogP contribution < -0.4 is 19.6 Å². The molecule has 0 atom stereocenters. The van der Waals surface area contributed by atoms with E-state index in [-0.39, 0.29) is 29.2 Å². The molecule has 5 rings (SSSR count). The highest BCUT2D eigenvalue weighted by molar-refractivity contribution is 7.92. The molecule has 0 fully saturated rings. The van der Waals surface area contributed by atoms with Gasteiger partial charge in [0.15, 0.2) is 17.3 Å². The number of rotatable bonds is 4. The Morgan fingerprint density at radius 3 is 2.52 bits per heavy atom. The molecule has 1 aliphatic rings. The number of ether oxygens (including phenoxy) is 2. The van der Waals surface area contributed by atoms with E-state index in [2.05, 4.69) is 4.72 Å². The van der Waals surface area contributed by atoms with Crippen molar-refractivity contribution in [1.82, 2.24) is 0 Å². The third-order valence-electron chi connectivity index (χ3n) is 4.94. The molecular weight excluding hydrogens is 460 g/mol. The van der Waals surface area contributed by atoms with E-state index in [1.165, 1.54) is 12.1 Å². The van der Waals surface area contributed by atoms with Crippen LogP contribution in [0.15, 0.2) is 68.7 Å². The van der Waals surface area contributed by atoms with Gasteiger partial charge in [0.05, 0.1) is 5.39 Å². The minimum absolute atomic E-state index is 0.0486. The number of nitrogens with one attached hydrogen (secondary N) is 1. The van der Waals surface area contributed by atoms with Crippen LogP contribution in [-0.2, 0) is 10.0 Å². The molecule has 11 heteroatoms. The number of benzene rings is 3. The first kappa shape index (κ1) is 20.8. The van der Waals surface area contributed by atoms with E-state index < -0.39 is 37.7 Å². The van der Waals surface area contributed by atoms with Crippen LogP contribution >= 0.6 is 0 Å². The van der Waals surface area contributed by atoms with Crippen LogP contribution in [0.25, 0.3) is 22.3 Å². The van der Waals surface area contributed by atoms with Gasteiger partial charge >= 0.3 is 0 Å². The predicted octanol–water partition coefficient (Wildman–Crippen LogP) is 3.97. The van der Waals surface area contributed by atoms with Gasteiger partial charge in [-0.05, 0) is 48.5 Å². The molecule has 0 saturated heterocycles. The maximum Gasteiger partial charge on any atom is 0.264 e. The SMILES string of the molecule is O=c1c(O)c(-c2ccc3c(c2)OCO3)oc2ccc(NS(=O)(=O)c3ccc(F)cc3F)cc12. The van der Waals surface area contributed by atoms with Crippen molar-refractivity contribution >= 4 is 26.7 Å². The summed E-state index contributed by atoms with van der Waals surface area (Å²) in [4.78, 5) is 12.0. The van der Waals surface area contributed by atoms with Crippen LogP contribution in [0.1, 0.15) is 0 Å². The van der Waals surface area contributed by atoms with Gasteiger partial charge in [-0.15, -0.1) is 0 Å². The van der Waals surface area contributed by atoms with Gasteiger partial charge in [-0.2, -0.15) is 0 Å². The highest BCUT2D eigenvalue weighted by atomic mass is 32.2. The van der Waals surface area contributed by atoms with Gasteiger partial charge in [-0.25, -0.2) is 17.2 Å². The number of anilines is 1. The van der Waals surface area contributed by atoms with Crippen LogP contribution in [-0.4, -0.2) is 20.3 Å². The zero-order valence-corrected chi connectivity index (χ0v) is 17.3. The second-order valence-corrected chi connectivity index (χ2v) is 8.72. The summed E-state index contributed by atoms with van der Waals surface area (Å²) < 4.78 is 70.4. The number of aromatic hydroxyl groups is 1. The third kappa shape index (κ3) is 3.61. The summed E-state index contributed by atoms with van der Waals surface area (Å²) in [6.07, 6.45) is 0. The Morgan fingerprint density at radius 2 is 1.73 bits per heavy atom. The molecule has 2 N–H and O–H groups in total. The number of fused-ring (bicyclic) bond motifs is 2. The Kier molecular flexibility index (Phi) is 4.71. The molecule has 33 heavy (non-hydrogen) atoms. The summed E-state index contributed by atoms with van der Waals surface area (Å²) in [5.41, 5.74) is -0.458. The maximum absolute atomic E-state index is 13.9. The summed E-state index contributed by atoms with van der Waals surface area (Å²) in [6.45, 7) is 0.0486. The average molecular weight is 473 g/mol. The molecule has 8 nitrogen and oxygen atoms in total. The molecule has 0 unspecified atom stereocenters. The molecule has 4 aromatic rings. The summed E-state index contributed by atoms with van der Waals surface area (Å²) in [5.74, 6) is -2.06. The minimum atomic E-state index is -4.42. The topological polar surface area (TPSA) is 115 Å². The van der Waals surface area contributed by atoms with Crippen LogP contribution in [0.4, 0.5) is 14.5 Å². The van der Waals surface area contributed by atoms with Gasteiger partial charge in [0.25, 0.3) is 10.0 Å². The van der Waals surface area contributed by atoms with Gasteiger partial charge in [0.2, 0.25) is 18.0 Å². The lowest BCUT2D eigenvalue weighted by molar-refractivity contribution is 0.174. The molecule has 0 aliphatic carbocycles. The monoisotopic (exact) mass is 473 g/mol. The van der Waals surface area contributed by atoms with Gasteiger partial charge in [0, 0.05) is 17.3 Å². The summed E-state index contributed by atoms with van der Waals surface area (Å²) in [6, 6.07) is 10.5. The zero-order valence-electron chi connectivity index (χ0n) is 16.5. The maximum atomic E-state index is 13.9. The Balaban J connectivity index is 1.54. The Bertz CT molecular complexity index is 1600. The molecule has 0 spiro atoms. The standard InChI is InChI=1S/C22H13F2NO7S/c23-12-2-6-19(15(24)8-12)33(28,29)25-13-3-5-16-14(9-13)20(26)21(27)22(32-16)11-1-4-17-18(7-11)31-10-30-17/h1-9,25,27H,10H2. The first-order valence-corrected chi connectivity index (χ1v) is 10.9. The Labute approximate surface area is 184 Å². The van der Waals surface area contributed by atoms with Crippen molar-refractivity contribution in [2.45, 2.75) is 4.90 Å². The van der Waals surface area contributed by atoms with E-state index in [0.29, 0.717) is 23.1 Å². The van der Waals surface area contributed by atoms with E-state index in [4.69, 9.17) is 13.9 Å². The smallest absolute Gasteiger partial charge is 0.264 e. The largest absolute Gasteiger partial charge is 0.502 e. The summed E-state index contributed by atoms with van der Waals surface area (Å²) in [5, 5.41) is 10.3. The lowest BCUT2D eigenvalue weighted by Gasteiger charge is -2.11. The number of hydrogen-bond donors (Lipinski definition) is 2. The molecule has 0 saturated carbocycles. The fourth-order valence-electron chi connectivity index (χ4n) is 3.39. The van der Waals surface area contributed by atoms with Crippen LogP contribution in [0.5, 0.6) is 17.2 Å². The van der Waals surface area contributed by atoms with Crippen LogP contribution in [0, 0.1) is 11.6 Å². The molecule has 3 aromatic carbocycles. The number of halogens is 2. The second kappa shape index (κ2) is 7.48. The molecule has 1 aromatic heterocycles. The molecule has 168 valence electrons. The quantitative estimate of drug-likeness (QED) is 0.461. The fraction of sp³-hybridized carbons (Fsp3) is 0.0455. The van der Waals surface area contributed by atoms with Gasteiger partial charge in [0.1, 0.15) is 22.1 Å². The van der Waals surface area contributed by atoms with Crippen molar-refractivity contribution in [1.29, 1.82) is 0 Å². The highest BCUT2D eigenvalue weighted by Gasteiger charge is 2.22. The van der Waals surface area contributed by atoms with Gasteiger partial charge in [-0.3, -0.25) is 9.52 Å². The molecule has 0 bridgehead atoms. The lowest BCUT2D eigenvalue weighted by atomic mass is 10.1. The highest BCUT2D eigenvalue weighted by Crippen LogP contribution is 2.38. The van der Waals surface area contributed by atoms with Crippen molar-refractivity contribution < 1.29 is 36.2 Å². The molecule has 1 aliphatic heterocycles. The number of sulfonamides is 1. The first-order valence-electron chi connectivity index (χ1n) is 9.41. The first-order chi connectivity index (χ1) is 15.7. The molecule has 0 amide bonds. The second-order valence-electron chi connectivity index (χ2n) is 7.07. The van der Waals surface area contributed by atoms with Crippen molar-refractivity contribution in [2.24, 2.45) is 0 Å². The molecule has 2 heterocycles.